The van der Waals surface area contributed by atoms with Crippen LogP contribution in [0.4, 0.5) is 14.9 Å². The van der Waals surface area contributed by atoms with Gasteiger partial charge in [-0.25, -0.2) is 9.18 Å². The van der Waals surface area contributed by atoms with Crippen molar-refractivity contribution in [2.75, 3.05) is 11.9 Å². The third kappa shape index (κ3) is 3.72. The van der Waals surface area contributed by atoms with E-state index >= 15 is 0 Å². The molecule has 1 aliphatic rings. The van der Waals surface area contributed by atoms with Gasteiger partial charge in [-0.2, -0.15) is 0 Å². The molecule has 0 aromatic heterocycles. The minimum atomic E-state index is -1.29. The molecule has 126 valence electrons. The molecule has 24 heavy (non-hydrogen) atoms. The number of ether oxygens (including phenoxy) is 1. The predicted molar refractivity (Wildman–Crippen MR) is 87.9 cm³/mol. The summed E-state index contributed by atoms with van der Waals surface area (Å²) in [6.07, 6.45) is 0. The number of urea groups is 1. The van der Waals surface area contributed by atoms with E-state index in [4.69, 9.17) is 4.74 Å². The van der Waals surface area contributed by atoms with Crippen LogP contribution in [0.2, 0.25) is 0 Å². The van der Waals surface area contributed by atoms with Crippen LogP contribution in [0.5, 0.6) is 0 Å². The van der Waals surface area contributed by atoms with Crippen molar-refractivity contribution in [2.45, 2.75) is 25.7 Å². The Bertz CT molecular complexity index is 744. The number of anilines is 1. The van der Waals surface area contributed by atoms with E-state index in [1.807, 2.05) is 18.2 Å². The molecule has 1 heterocycles. The second-order valence-electron chi connectivity index (χ2n) is 6.06. The Balaban J connectivity index is 1.58. The fourth-order valence-corrected chi connectivity index (χ4v) is 2.59. The molecule has 5 nitrogen and oxygen atoms in total. The first-order chi connectivity index (χ1) is 11.4. The van der Waals surface area contributed by atoms with Crippen LogP contribution in [0, 0.1) is 5.82 Å². The van der Waals surface area contributed by atoms with Gasteiger partial charge >= 0.3 is 6.03 Å². The SMILES string of the molecule is CC(O)(CNC(=O)Nc1ccc2c(c1)COC2)c1ccc(F)cc1. The third-order valence-corrected chi connectivity index (χ3v) is 4.04. The fraction of sp³-hybridized carbons (Fsp3) is 0.278. The highest BCUT2D eigenvalue weighted by atomic mass is 19.1. The van der Waals surface area contributed by atoms with E-state index in [1.165, 1.54) is 24.3 Å². The molecule has 0 spiro atoms. The molecular formula is C18H19FN2O3. The molecule has 2 amide bonds. The lowest BCUT2D eigenvalue weighted by Gasteiger charge is -2.24. The van der Waals surface area contributed by atoms with Gasteiger partial charge in [0.1, 0.15) is 11.4 Å². The first-order valence-electron chi connectivity index (χ1n) is 7.67. The van der Waals surface area contributed by atoms with Crippen molar-refractivity contribution in [1.82, 2.24) is 5.32 Å². The fourth-order valence-electron chi connectivity index (χ4n) is 2.59. The van der Waals surface area contributed by atoms with Gasteiger partial charge in [0.05, 0.1) is 19.8 Å². The van der Waals surface area contributed by atoms with E-state index in [-0.39, 0.29) is 12.4 Å². The van der Waals surface area contributed by atoms with Crippen molar-refractivity contribution >= 4 is 11.7 Å². The van der Waals surface area contributed by atoms with Gasteiger partial charge in [0.2, 0.25) is 0 Å². The summed E-state index contributed by atoms with van der Waals surface area (Å²) >= 11 is 0. The average molecular weight is 330 g/mol. The number of hydrogen-bond donors (Lipinski definition) is 3. The van der Waals surface area contributed by atoms with Crippen LogP contribution in [0.15, 0.2) is 42.5 Å². The Morgan fingerprint density at radius 1 is 1.21 bits per heavy atom. The Kier molecular flexibility index (Phi) is 4.51. The van der Waals surface area contributed by atoms with E-state index in [0.29, 0.717) is 24.5 Å². The van der Waals surface area contributed by atoms with Gasteiger partial charge in [0.15, 0.2) is 0 Å². The molecule has 2 aromatic rings. The number of carbonyl (C=O) groups is 1. The van der Waals surface area contributed by atoms with E-state index in [9.17, 15) is 14.3 Å². The molecule has 0 fully saturated rings. The molecule has 3 N–H and O–H groups in total. The zero-order chi connectivity index (χ0) is 17.2. The summed E-state index contributed by atoms with van der Waals surface area (Å²) in [6.45, 7) is 2.71. The number of halogens is 1. The van der Waals surface area contributed by atoms with Crippen LogP contribution in [0.25, 0.3) is 0 Å². The number of nitrogens with one attached hydrogen (secondary N) is 2. The molecule has 1 unspecified atom stereocenters. The van der Waals surface area contributed by atoms with E-state index in [1.54, 1.807) is 6.92 Å². The molecule has 6 heteroatoms. The highest BCUT2D eigenvalue weighted by molar-refractivity contribution is 5.89. The van der Waals surface area contributed by atoms with Crippen molar-refractivity contribution in [3.63, 3.8) is 0 Å². The number of amides is 2. The van der Waals surface area contributed by atoms with Crippen LogP contribution in [-0.2, 0) is 23.6 Å². The van der Waals surface area contributed by atoms with E-state index in [0.717, 1.165) is 11.1 Å². The lowest BCUT2D eigenvalue weighted by molar-refractivity contribution is 0.0599. The Hall–Kier alpha value is -2.44. The van der Waals surface area contributed by atoms with Crippen molar-refractivity contribution in [3.8, 4) is 0 Å². The van der Waals surface area contributed by atoms with Crippen LogP contribution >= 0.6 is 0 Å². The van der Waals surface area contributed by atoms with Crippen molar-refractivity contribution in [1.29, 1.82) is 0 Å². The molecule has 1 atom stereocenters. The number of carbonyl (C=O) groups excluding carboxylic acids is 1. The summed E-state index contributed by atoms with van der Waals surface area (Å²) in [6, 6.07) is 10.7. The molecule has 0 bridgehead atoms. The molecule has 0 radical (unpaired) electrons. The largest absolute Gasteiger partial charge is 0.384 e. The number of benzene rings is 2. The first-order valence-corrected chi connectivity index (χ1v) is 7.67. The molecule has 3 rings (SSSR count). The van der Waals surface area contributed by atoms with Gasteiger partial charge in [0.25, 0.3) is 0 Å². The molecule has 0 aliphatic carbocycles. The standard InChI is InChI=1S/C18H19FN2O3/c1-18(23,14-3-5-15(19)6-4-14)11-20-17(22)21-16-7-2-12-9-24-10-13(12)8-16/h2-8,23H,9-11H2,1H3,(H2,20,21,22). The third-order valence-electron chi connectivity index (χ3n) is 4.04. The van der Waals surface area contributed by atoms with Crippen molar-refractivity contribution < 1.29 is 19.0 Å². The summed E-state index contributed by atoms with van der Waals surface area (Å²) in [5.41, 5.74) is 2.08. The highest BCUT2D eigenvalue weighted by Crippen LogP contribution is 2.23. The minimum absolute atomic E-state index is 0.00147. The maximum atomic E-state index is 13.0. The smallest absolute Gasteiger partial charge is 0.319 e. The normalized spacial score (nSPS) is 15.5. The van der Waals surface area contributed by atoms with E-state index < -0.39 is 11.6 Å². The van der Waals surface area contributed by atoms with Crippen LogP contribution < -0.4 is 10.6 Å². The lowest BCUT2D eigenvalue weighted by Crippen LogP contribution is -2.40. The highest BCUT2D eigenvalue weighted by Gasteiger charge is 2.24. The van der Waals surface area contributed by atoms with Gasteiger partial charge in [-0.3, -0.25) is 0 Å². The Labute approximate surface area is 139 Å². The molecule has 2 aromatic carbocycles. The summed E-state index contributed by atoms with van der Waals surface area (Å²) in [5.74, 6) is -0.374. The van der Waals surface area contributed by atoms with Crippen LogP contribution in [0.1, 0.15) is 23.6 Å². The topological polar surface area (TPSA) is 70.6 Å². The zero-order valence-electron chi connectivity index (χ0n) is 13.3. The zero-order valence-corrected chi connectivity index (χ0v) is 13.3. The molecular weight excluding hydrogens is 311 g/mol. The number of aliphatic hydroxyl groups is 1. The Morgan fingerprint density at radius 3 is 2.67 bits per heavy atom. The quantitative estimate of drug-likeness (QED) is 0.807. The molecule has 0 saturated carbocycles. The molecule has 0 saturated heterocycles. The van der Waals surface area contributed by atoms with Gasteiger partial charge in [-0.15, -0.1) is 0 Å². The van der Waals surface area contributed by atoms with Crippen LogP contribution in [-0.4, -0.2) is 17.7 Å². The second kappa shape index (κ2) is 6.59. The Morgan fingerprint density at radius 2 is 1.92 bits per heavy atom. The monoisotopic (exact) mass is 330 g/mol. The maximum Gasteiger partial charge on any atom is 0.319 e. The minimum Gasteiger partial charge on any atom is -0.384 e. The summed E-state index contributed by atoms with van der Waals surface area (Å²) in [7, 11) is 0. The second-order valence-corrected chi connectivity index (χ2v) is 6.06. The lowest BCUT2D eigenvalue weighted by atomic mass is 9.96. The molecule has 1 aliphatic heterocycles. The number of fused-ring (bicyclic) bond motifs is 1. The van der Waals surface area contributed by atoms with Gasteiger partial charge in [-0.05, 0) is 47.9 Å². The summed E-state index contributed by atoms with van der Waals surface area (Å²) in [5, 5.41) is 15.8. The summed E-state index contributed by atoms with van der Waals surface area (Å²) < 4.78 is 18.3. The number of rotatable bonds is 4. The average Bonchev–Trinajstić information content (AvgIpc) is 3.01. The van der Waals surface area contributed by atoms with Gasteiger partial charge in [-0.1, -0.05) is 18.2 Å². The number of hydrogen-bond acceptors (Lipinski definition) is 3. The van der Waals surface area contributed by atoms with Gasteiger partial charge < -0.3 is 20.5 Å². The van der Waals surface area contributed by atoms with Crippen LogP contribution in [0.3, 0.4) is 0 Å². The first kappa shape index (κ1) is 16.4. The van der Waals surface area contributed by atoms with Gasteiger partial charge in [0, 0.05) is 5.69 Å². The summed E-state index contributed by atoms with van der Waals surface area (Å²) in [4.78, 5) is 12.0. The maximum absolute atomic E-state index is 13.0. The van der Waals surface area contributed by atoms with Crippen molar-refractivity contribution in [2.24, 2.45) is 0 Å². The predicted octanol–water partition coefficient (Wildman–Crippen LogP) is 2.89. The van der Waals surface area contributed by atoms with E-state index in [2.05, 4.69) is 10.6 Å². The van der Waals surface area contributed by atoms with Crippen molar-refractivity contribution in [3.05, 3.63) is 65.0 Å².